The van der Waals surface area contributed by atoms with Crippen LogP contribution in [0.3, 0.4) is 0 Å². The highest BCUT2D eigenvalue weighted by Crippen LogP contribution is 2.18. The van der Waals surface area contributed by atoms with Crippen LogP contribution < -0.4 is 60.2 Å². The third kappa shape index (κ3) is 19.2. The molecule has 1 saturated heterocycles. The van der Waals surface area contributed by atoms with Gasteiger partial charge >= 0.3 is 5.97 Å². The summed E-state index contributed by atoms with van der Waals surface area (Å²) in [4.78, 5) is 138. The van der Waals surface area contributed by atoms with Crippen molar-refractivity contribution in [2.24, 2.45) is 28.9 Å². The number of primary amides is 2. The molecule has 60 heavy (non-hydrogen) atoms. The van der Waals surface area contributed by atoms with Crippen molar-refractivity contribution in [3.8, 4) is 0 Å². The van der Waals surface area contributed by atoms with Gasteiger partial charge in [0.2, 0.25) is 59.1 Å². The summed E-state index contributed by atoms with van der Waals surface area (Å²) in [7, 11) is 0. The number of unbranched alkanes of at least 4 members (excludes halogenated alkanes) is 1. The lowest BCUT2D eigenvalue weighted by molar-refractivity contribution is -0.142. The SMILES string of the molecule is CC[C@H](C)[C@H](NC(=O)CNC(=O)[C@H](CCC(N)=O)NC(=O)[C@@H]1CCCN1C(=O)CNC(=O)[C@@H](N)CCCCN)C(=O)N[C@@H](C)C(=O)NCC(=O)N[C@@H](CCC(N)=O)C(=O)O. The number of aliphatic carboxylic acids is 1. The third-order valence-electron chi connectivity index (χ3n) is 9.63. The molecule has 1 heterocycles. The number of hydrogen-bond donors (Lipinski definition) is 12. The highest BCUT2D eigenvalue weighted by atomic mass is 16.4. The van der Waals surface area contributed by atoms with Crippen LogP contribution in [0.2, 0.25) is 0 Å². The predicted octanol–water partition coefficient (Wildman–Crippen LogP) is -5.60. The zero-order chi connectivity index (χ0) is 45.5. The molecule has 24 nitrogen and oxygen atoms in total. The Hall–Kier alpha value is -5.91. The molecular weight excluding hydrogens is 792 g/mol. The van der Waals surface area contributed by atoms with Crippen LogP contribution >= 0.6 is 0 Å². The number of rotatable bonds is 28. The first-order chi connectivity index (χ1) is 28.2. The number of carboxylic acid groups (broad SMARTS) is 1. The van der Waals surface area contributed by atoms with Gasteiger partial charge in [-0.2, -0.15) is 0 Å². The van der Waals surface area contributed by atoms with Crippen LogP contribution in [0, 0.1) is 5.92 Å². The van der Waals surface area contributed by atoms with Crippen molar-refractivity contribution < 1.29 is 57.8 Å². The lowest BCUT2D eigenvalue weighted by atomic mass is 9.98. The zero-order valence-electron chi connectivity index (χ0n) is 34.3. The Morgan fingerprint density at radius 1 is 0.700 bits per heavy atom. The van der Waals surface area contributed by atoms with Gasteiger partial charge in [0.25, 0.3) is 0 Å². The second kappa shape index (κ2) is 27.0. The molecule has 1 fully saturated rings. The molecule has 0 saturated carbocycles. The molecule has 10 amide bonds. The lowest BCUT2D eigenvalue weighted by Gasteiger charge is -2.27. The van der Waals surface area contributed by atoms with Gasteiger partial charge in [-0.15, -0.1) is 0 Å². The normalized spacial score (nSPS) is 16.4. The van der Waals surface area contributed by atoms with Crippen molar-refractivity contribution >= 4 is 65.0 Å². The molecule has 1 aliphatic rings. The fourth-order valence-corrected chi connectivity index (χ4v) is 5.89. The van der Waals surface area contributed by atoms with Crippen LogP contribution in [0.5, 0.6) is 0 Å². The maximum Gasteiger partial charge on any atom is 0.326 e. The topological polar surface area (TPSA) is 400 Å². The average Bonchev–Trinajstić information content (AvgIpc) is 3.70. The Balaban J connectivity index is 2.83. The number of nitrogens with one attached hydrogen (secondary N) is 7. The fraction of sp³-hybridized carbons (Fsp3) is 0.694. The molecule has 0 aromatic heterocycles. The minimum atomic E-state index is -1.43. The minimum absolute atomic E-state index is 0.203. The largest absolute Gasteiger partial charge is 0.480 e. The summed E-state index contributed by atoms with van der Waals surface area (Å²) in [6.45, 7) is 3.60. The van der Waals surface area contributed by atoms with Crippen molar-refractivity contribution in [2.75, 3.05) is 32.7 Å². The molecule has 0 spiro atoms. The second-order valence-electron chi connectivity index (χ2n) is 14.5. The van der Waals surface area contributed by atoms with Crippen LogP contribution in [0.4, 0.5) is 0 Å². The quantitative estimate of drug-likeness (QED) is 0.0327. The van der Waals surface area contributed by atoms with E-state index in [2.05, 4.69) is 37.2 Å². The van der Waals surface area contributed by atoms with E-state index in [0.29, 0.717) is 38.6 Å². The standard InChI is InChI=1S/C36H62N12O12/c1-4-19(2)30(35(58)44-20(3)31(54)41-16-27(51)45-23(36(59)60)11-13-26(40)50)47-28(52)17-42-33(56)22(10-12-25(39)49)46-34(57)24-9-7-15-48(24)29(53)18-43-32(55)21(38)8-5-6-14-37/h19-24,30H,4-18,37-38H2,1-3H3,(H2,39,49)(H2,40,50)(H,41,54)(H,42,56)(H,43,55)(H,44,58)(H,45,51)(H,46,57)(H,47,52)(H,59,60)/t19-,20-,21-,22-,23-,24-,30-/m0/s1. The van der Waals surface area contributed by atoms with Crippen molar-refractivity contribution in [1.82, 2.24) is 42.1 Å². The van der Waals surface area contributed by atoms with Crippen LogP contribution in [0.1, 0.15) is 85.0 Å². The average molecular weight is 855 g/mol. The summed E-state index contributed by atoms with van der Waals surface area (Å²) in [6.07, 6.45) is 1.67. The molecule has 24 heteroatoms. The summed E-state index contributed by atoms with van der Waals surface area (Å²) >= 11 is 0. The Labute approximate surface area is 347 Å². The molecule has 0 aromatic carbocycles. The van der Waals surface area contributed by atoms with E-state index in [9.17, 15) is 57.8 Å². The van der Waals surface area contributed by atoms with Crippen molar-refractivity contribution in [3.63, 3.8) is 0 Å². The predicted molar refractivity (Wildman–Crippen MR) is 212 cm³/mol. The summed E-state index contributed by atoms with van der Waals surface area (Å²) in [5, 5.41) is 26.0. The lowest BCUT2D eigenvalue weighted by Crippen LogP contribution is -2.57. The van der Waals surface area contributed by atoms with Gasteiger partial charge in [0.05, 0.1) is 25.7 Å². The van der Waals surface area contributed by atoms with E-state index in [-0.39, 0.29) is 38.6 Å². The first-order valence-electron chi connectivity index (χ1n) is 19.8. The number of carbonyl (C=O) groups is 11. The monoisotopic (exact) mass is 854 g/mol. The van der Waals surface area contributed by atoms with Crippen LogP contribution in [-0.2, 0) is 52.7 Å². The molecule has 16 N–H and O–H groups in total. The van der Waals surface area contributed by atoms with Crippen LogP contribution in [0.25, 0.3) is 0 Å². The summed E-state index contributed by atoms with van der Waals surface area (Å²) in [5.74, 6) is -9.40. The maximum absolute atomic E-state index is 13.4. The Morgan fingerprint density at radius 2 is 1.27 bits per heavy atom. The van der Waals surface area contributed by atoms with Gasteiger partial charge < -0.3 is 70.2 Å². The Kier molecular flexibility index (Phi) is 23.4. The van der Waals surface area contributed by atoms with E-state index in [1.54, 1.807) is 13.8 Å². The van der Waals surface area contributed by atoms with Gasteiger partial charge in [0, 0.05) is 19.4 Å². The van der Waals surface area contributed by atoms with Crippen LogP contribution in [-0.4, -0.2) is 144 Å². The fourth-order valence-electron chi connectivity index (χ4n) is 5.89. The summed E-state index contributed by atoms with van der Waals surface area (Å²) < 4.78 is 0. The number of hydrogen-bond acceptors (Lipinski definition) is 13. The smallest absolute Gasteiger partial charge is 0.326 e. The van der Waals surface area contributed by atoms with E-state index in [1.165, 1.54) is 11.8 Å². The second-order valence-corrected chi connectivity index (χ2v) is 14.5. The van der Waals surface area contributed by atoms with E-state index in [0.717, 1.165) is 0 Å². The molecule has 1 aliphatic heterocycles. The van der Waals surface area contributed by atoms with Crippen molar-refractivity contribution in [3.05, 3.63) is 0 Å². The third-order valence-corrected chi connectivity index (χ3v) is 9.63. The van der Waals surface area contributed by atoms with E-state index < -0.39 is 127 Å². The molecule has 1 rings (SSSR count). The first-order valence-corrected chi connectivity index (χ1v) is 19.8. The van der Waals surface area contributed by atoms with Crippen molar-refractivity contribution in [1.29, 1.82) is 0 Å². The number of carboxylic acids is 1. The van der Waals surface area contributed by atoms with Gasteiger partial charge in [-0.25, -0.2) is 4.79 Å². The number of carbonyl (C=O) groups excluding carboxylic acids is 10. The zero-order valence-corrected chi connectivity index (χ0v) is 34.3. The molecule has 7 atom stereocenters. The number of amides is 10. The number of likely N-dealkylation sites (tertiary alicyclic amines) is 1. The minimum Gasteiger partial charge on any atom is -0.480 e. The molecular formula is C36H62N12O12. The van der Waals surface area contributed by atoms with Gasteiger partial charge in [-0.3, -0.25) is 47.9 Å². The molecule has 338 valence electrons. The van der Waals surface area contributed by atoms with Crippen molar-refractivity contribution in [2.45, 2.75) is 121 Å². The van der Waals surface area contributed by atoms with Crippen LogP contribution in [0.15, 0.2) is 0 Å². The molecule has 0 bridgehead atoms. The Bertz CT molecular complexity index is 1560. The number of nitrogens with two attached hydrogens (primary N) is 4. The van der Waals surface area contributed by atoms with E-state index >= 15 is 0 Å². The van der Waals surface area contributed by atoms with Gasteiger partial charge in [0.15, 0.2) is 0 Å². The number of nitrogens with zero attached hydrogens (tertiary/aromatic N) is 1. The molecule has 0 aromatic rings. The molecule has 0 radical (unpaired) electrons. The molecule has 0 aliphatic carbocycles. The molecule has 0 unspecified atom stereocenters. The van der Waals surface area contributed by atoms with Gasteiger partial charge in [-0.1, -0.05) is 26.7 Å². The van der Waals surface area contributed by atoms with E-state index in [1.807, 2.05) is 0 Å². The van der Waals surface area contributed by atoms with E-state index in [4.69, 9.17) is 22.9 Å². The summed E-state index contributed by atoms with van der Waals surface area (Å²) in [5.41, 5.74) is 21.6. The Morgan fingerprint density at radius 3 is 1.83 bits per heavy atom. The summed E-state index contributed by atoms with van der Waals surface area (Å²) in [6, 6.07) is -7.06. The maximum atomic E-state index is 13.4. The first kappa shape index (κ1) is 52.1. The van der Waals surface area contributed by atoms with Gasteiger partial charge in [0.1, 0.15) is 30.2 Å². The highest BCUT2D eigenvalue weighted by Gasteiger charge is 2.36. The van der Waals surface area contributed by atoms with Gasteiger partial charge in [-0.05, 0) is 57.9 Å². The highest BCUT2D eigenvalue weighted by molar-refractivity contribution is 5.97.